The highest BCUT2D eigenvalue weighted by atomic mass is 16.5. The minimum Gasteiger partial charge on any atom is -0.475 e. The van der Waals surface area contributed by atoms with Crippen LogP contribution in [0.5, 0.6) is 5.88 Å². The van der Waals surface area contributed by atoms with Gasteiger partial charge in [-0.05, 0) is 27.7 Å². The van der Waals surface area contributed by atoms with Gasteiger partial charge in [0.25, 0.3) is 0 Å². The van der Waals surface area contributed by atoms with Crippen molar-refractivity contribution in [3.05, 3.63) is 18.1 Å². The molecule has 82 valence electrons. The predicted molar refractivity (Wildman–Crippen MR) is 56.9 cm³/mol. The van der Waals surface area contributed by atoms with Crippen molar-refractivity contribution in [2.24, 2.45) is 0 Å². The largest absolute Gasteiger partial charge is 0.475 e. The number of carbonyl (C=O) groups excluding carboxylic acids is 1. The van der Waals surface area contributed by atoms with Crippen LogP contribution in [0.4, 0.5) is 0 Å². The molecule has 1 unspecified atom stereocenters. The van der Waals surface area contributed by atoms with Crippen LogP contribution in [-0.2, 0) is 4.79 Å². The fraction of sp³-hybridized carbons (Fsp3) is 0.545. The summed E-state index contributed by atoms with van der Waals surface area (Å²) in [5.41, 5.74) is 0.702. The van der Waals surface area contributed by atoms with Crippen molar-refractivity contribution < 1.29 is 9.53 Å². The third-order valence-electron chi connectivity index (χ3n) is 2.07. The number of hydrogen-bond donors (Lipinski definition) is 0. The van der Waals surface area contributed by atoms with Crippen molar-refractivity contribution in [2.45, 2.75) is 39.7 Å². The molecule has 1 aromatic heterocycles. The van der Waals surface area contributed by atoms with Gasteiger partial charge in [0.1, 0.15) is 12.1 Å². The van der Waals surface area contributed by atoms with Gasteiger partial charge in [0.15, 0.2) is 0 Å². The summed E-state index contributed by atoms with van der Waals surface area (Å²) in [4.78, 5) is 19.2. The first-order valence-electron chi connectivity index (χ1n) is 4.99. The van der Waals surface area contributed by atoms with E-state index in [0.29, 0.717) is 11.6 Å². The van der Waals surface area contributed by atoms with Gasteiger partial charge in [0.05, 0.1) is 17.7 Å². The van der Waals surface area contributed by atoms with E-state index in [1.165, 1.54) is 6.33 Å². The lowest BCUT2D eigenvalue weighted by Crippen LogP contribution is -2.10. The van der Waals surface area contributed by atoms with Gasteiger partial charge < -0.3 is 4.74 Å². The zero-order valence-corrected chi connectivity index (χ0v) is 9.52. The van der Waals surface area contributed by atoms with Crippen LogP contribution >= 0.6 is 0 Å². The van der Waals surface area contributed by atoms with Gasteiger partial charge in [-0.2, -0.15) is 0 Å². The van der Waals surface area contributed by atoms with Crippen LogP contribution in [0.3, 0.4) is 0 Å². The average Bonchev–Trinajstić information content (AvgIpc) is 2.16. The van der Waals surface area contributed by atoms with Crippen LogP contribution in [0, 0.1) is 0 Å². The van der Waals surface area contributed by atoms with E-state index in [-0.39, 0.29) is 17.8 Å². The standard InChI is InChI=1S/C11H16N2O2/c1-7(2)15-11-5-10(12-6-13-11)8(3)9(4)14/h5-8H,1-4H3. The summed E-state index contributed by atoms with van der Waals surface area (Å²) < 4.78 is 5.42. The van der Waals surface area contributed by atoms with E-state index >= 15 is 0 Å². The van der Waals surface area contributed by atoms with Crippen LogP contribution in [0.1, 0.15) is 39.3 Å². The summed E-state index contributed by atoms with van der Waals surface area (Å²) in [5, 5.41) is 0. The second-order valence-corrected chi connectivity index (χ2v) is 3.78. The van der Waals surface area contributed by atoms with E-state index in [4.69, 9.17) is 4.74 Å². The Morgan fingerprint density at radius 2 is 2.00 bits per heavy atom. The quantitative estimate of drug-likeness (QED) is 0.759. The molecule has 0 N–H and O–H groups in total. The number of ketones is 1. The van der Waals surface area contributed by atoms with Gasteiger partial charge in [0.2, 0.25) is 5.88 Å². The van der Waals surface area contributed by atoms with Crippen molar-refractivity contribution in [1.82, 2.24) is 9.97 Å². The number of rotatable bonds is 4. The van der Waals surface area contributed by atoms with E-state index in [1.54, 1.807) is 13.0 Å². The number of nitrogens with zero attached hydrogens (tertiary/aromatic N) is 2. The maximum Gasteiger partial charge on any atom is 0.216 e. The molecule has 0 spiro atoms. The van der Waals surface area contributed by atoms with Gasteiger partial charge in [0, 0.05) is 6.07 Å². The highest BCUT2D eigenvalue weighted by Crippen LogP contribution is 2.17. The van der Waals surface area contributed by atoms with Crippen molar-refractivity contribution in [3.63, 3.8) is 0 Å². The predicted octanol–water partition coefficient (Wildman–Crippen LogP) is 1.96. The summed E-state index contributed by atoms with van der Waals surface area (Å²) in [6.07, 6.45) is 1.49. The maximum atomic E-state index is 11.2. The molecule has 1 aromatic rings. The van der Waals surface area contributed by atoms with E-state index < -0.39 is 0 Å². The normalized spacial score (nSPS) is 12.6. The highest BCUT2D eigenvalue weighted by molar-refractivity contribution is 5.82. The molecule has 0 saturated carbocycles. The van der Waals surface area contributed by atoms with Crippen LogP contribution in [0.15, 0.2) is 12.4 Å². The van der Waals surface area contributed by atoms with E-state index in [9.17, 15) is 4.79 Å². The summed E-state index contributed by atoms with van der Waals surface area (Å²) in [6, 6.07) is 1.71. The molecule has 0 aliphatic rings. The Balaban J connectivity index is 2.87. The van der Waals surface area contributed by atoms with Crippen LogP contribution in [0.25, 0.3) is 0 Å². The Labute approximate surface area is 89.7 Å². The molecule has 0 fully saturated rings. The Hall–Kier alpha value is -1.45. The first-order valence-corrected chi connectivity index (χ1v) is 4.99. The number of Topliss-reactive ketones (excluding diaryl/α,β-unsaturated/α-hetero) is 1. The lowest BCUT2D eigenvalue weighted by molar-refractivity contribution is -0.118. The summed E-state index contributed by atoms with van der Waals surface area (Å²) in [6.45, 7) is 7.23. The molecule has 0 radical (unpaired) electrons. The Morgan fingerprint density at radius 3 is 2.53 bits per heavy atom. The number of hydrogen-bond acceptors (Lipinski definition) is 4. The molecule has 4 nitrogen and oxygen atoms in total. The van der Waals surface area contributed by atoms with Crippen molar-refractivity contribution >= 4 is 5.78 Å². The van der Waals surface area contributed by atoms with Crippen molar-refractivity contribution in [1.29, 1.82) is 0 Å². The number of aromatic nitrogens is 2. The number of carbonyl (C=O) groups is 1. The second kappa shape index (κ2) is 4.87. The summed E-state index contributed by atoms with van der Waals surface area (Å²) in [5.74, 6) is 0.398. The molecule has 0 amide bonds. The lowest BCUT2D eigenvalue weighted by Gasteiger charge is -2.11. The van der Waals surface area contributed by atoms with E-state index in [0.717, 1.165) is 0 Å². The molecule has 0 saturated heterocycles. The molecule has 4 heteroatoms. The highest BCUT2D eigenvalue weighted by Gasteiger charge is 2.13. The van der Waals surface area contributed by atoms with Crippen LogP contribution in [0.2, 0.25) is 0 Å². The van der Waals surface area contributed by atoms with Gasteiger partial charge in [-0.1, -0.05) is 0 Å². The van der Waals surface area contributed by atoms with E-state index in [2.05, 4.69) is 9.97 Å². The topological polar surface area (TPSA) is 52.1 Å². The average molecular weight is 208 g/mol. The summed E-state index contributed by atoms with van der Waals surface area (Å²) >= 11 is 0. The molecule has 1 atom stereocenters. The second-order valence-electron chi connectivity index (χ2n) is 3.78. The fourth-order valence-corrected chi connectivity index (χ4v) is 1.10. The zero-order chi connectivity index (χ0) is 11.4. The van der Waals surface area contributed by atoms with Crippen LogP contribution < -0.4 is 4.74 Å². The van der Waals surface area contributed by atoms with Crippen LogP contribution in [-0.4, -0.2) is 21.9 Å². The summed E-state index contributed by atoms with van der Waals surface area (Å²) in [7, 11) is 0. The molecule has 15 heavy (non-hydrogen) atoms. The SMILES string of the molecule is CC(=O)C(C)c1cc(OC(C)C)ncn1. The molecule has 0 bridgehead atoms. The first kappa shape index (κ1) is 11.6. The molecular formula is C11H16N2O2. The molecular weight excluding hydrogens is 192 g/mol. The molecule has 0 aliphatic heterocycles. The molecule has 1 heterocycles. The van der Waals surface area contributed by atoms with Crippen molar-refractivity contribution in [2.75, 3.05) is 0 Å². The van der Waals surface area contributed by atoms with Gasteiger partial charge in [-0.15, -0.1) is 0 Å². The Bertz CT molecular complexity index is 350. The first-order chi connectivity index (χ1) is 7.00. The molecule has 0 aromatic carbocycles. The fourth-order valence-electron chi connectivity index (χ4n) is 1.10. The third-order valence-corrected chi connectivity index (χ3v) is 2.07. The van der Waals surface area contributed by atoms with Gasteiger partial charge >= 0.3 is 0 Å². The van der Waals surface area contributed by atoms with Crippen molar-refractivity contribution in [3.8, 4) is 5.88 Å². The minimum absolute atomic E-state index is 0.0698. The van der Waals surface area contributed by atoms with Gasteiger partial charge in [-0.3, -0.25) is 4.79 Å². The monoisotopic (exact) mass is 208 g/mol. The molecule has 0 aliphatic carbocycles. The Morgan fingerprint density at radius 1 is 1.33 bits per heavy atom. The maximum absolute atomic E-state index is 11.2. The molecule has 1 rings (SSSR count). The Kier molecular flexibility index (Phi) is 3.77. The zero-order valence-electron chi connectivity index (χ0n) is 9.52. The number of ether oxygens (including phenoxy) is 1. The smallest absolute Gasteiger partial charge is 0.216 e. The third kappa shape index (κ3) is 3.31. The van der Waals surface area contributed by atoms with Gasteiger partial charge in [-0.25, -0.2) is 9.97 Å². The lowest BCUT2D eigenvalue weighted by atomic mass is 10.0. The minimum atomic E-state index is -0.206. The van der Waals surface area contributed by atoms with E-state index in [1.807, 2.05) is 20.8 Å².